The maximum atomic E-state index is 14.6. The van der Waals surface area contributed by atoms with Crippen LogP contribution >= 0.6 is 0 Å². The highest BCUT2D eigenvalue weighted by Crippen LogP contribution is 2.26. The summed E-state index contributed by atoms with van der Waals surface area (Å²) in [6.07, 6.45) is 0. The molecule has 1 aliphatic heterocycles. The van der Waals surface area contributed by atoms with Gasteiger partial charge in [-0.25, -0.2) is 12.8 Å². The van der Waals surface area contributed by atoms with Crippen LogP contribution in [0.1, 0.15) is 11.1 Å². The number of morpholine rings is 1. The zero-order chi connectivity index (χ0) is 24.8. The molecule has 0 unspecified atom stereocenters. The molecule has 1 saturated heterocycles. The van der Waals surface area contributed by atoms with Crippen molar-refractivity contribution in [2.45, 2.75) is 18.4 Å². The molecule has 1 N–H and O–H groups in total. The molecule has 3 aromatic carbocycles. The molecule has 0 saturated carbocycles. The number of carbonyl (C=O) groups excluding carboxylic acids is 1. The van der Waals surface area contributed by atoms with Crippen molar-refractivity contribution in [3.63, 3.8) is 0 Å². The summed E-state index contributed by atoms with van der Waals surface area (Å²) in [5.41, 5.74) is 2.66. The Kier molecular flexibility index (Phi) is 7.67. The number of para-hydroxylation sites is 1. The Morgan fingerprint density at radius 1 is 1.00 bits per heavy atom. The molecule has 0 spiro atoms. The van der Waals surface area contributed by atoms with Crippen molar-refractivity contribution >= 4 is 27.3 Å². The van der Waals surface area contributed by atoms with Gasteiger partial charge in [0.2, 0.25) is 5.91 Å². The van der Waals surface area contributed by atoms with Crippen molar-refractivity contribution in [1.29, 1.82) is 0 Å². The standard InChI is InChI=1S/C26H28FN3O4S/c1-20-6-12-23(13-7-20)35(32,33)30(25-5-3-2-4-24(25)27)19-26(31)28-18-21-8-10-22(11-9-21)29-14-16-34-17-15-29/h2-13H,14-19H2,1H3,(H,28,31). The van der Waals surface area contributed by atoms with E-state index in [-0.39, 0.29) is 17.1 Å². The van der Waals surface area contributed by atoms with Crippen LogP contribution in [0.5, 0.6) is 0 Å². The van der Waals surface area contributed by atoms with Gasteiger partial charge in [0.05, 0.1) is 23.8 Å². The SMILES string of the molecule is Cc1ccc(S(=O)(=O)N(CC(=O)NCc2ccc(N3CCOCC3)cc2)c2ccccc2F)cc1. The molecule has 4 rings (SSSR count). The third-order valence-electron chi connectivity index (χ3n) is 5.82. The zero-order valence-electron chi connectivity index (χ0n) is 19.5. The second-order valence-corrected chi connectivity index (χ2v) is 10.2. The van der Waals surface area contributed by atoms with Crippen LogP contribution < -0.4 is 14.5 Å². The van der Waals surface area contributed by atoms with Gasteiger partial charge in [-0.3, -0.25) is 9.10 Å². The van der Waals surface area contributed by atoms with Crippen LogP contribution in [-0.4, -0.2) is 47.2 Å². The Labute approximate surface area is 205 Å². The van der Waals surface area contributed by atoms with Gasteiger partial charge in [0.25, 0.3) is 10.0 Å². The average molecular weight is 498 g/mol. The van der Waals surface area contributed by atoms with Crippen molar-refractivity contribution in [2.75, 3.05) is 42.1 Å². The monoisotopic (exact) mass is 497 g/mol. The highest BCUT2D eigenvalue weighted by Gasteiger charge is 2.29. The molecule has 184 valence electrons. The first-order valence-electron chi connectivity index (χ1n) is 11.4. The second-order valence-electron chi connectivity index (χ2n) is 8.32. The Hall–Kier alpha value is -3.43. The summed E-state index contributed by atoms with van der Waals surface area (Å²) in [7, 11) is -4.17. The summed E-state index contributed by atoms with van der Waals surface area (Å²) in [5, 5.41) is 2.75. The predicted molar refractivity (Wildman–Crippen MR) is 133 cm³/mol. The van der Waals surface area contributed by atoms with Crippen LogP contribution in [0, 0.1) is 12.7 Å². The number of sulfonamides is 1. The number of aryl methyl sites for hydroxylation is 1. The van der Waals surface area contributed by atoms with Gasteiger partial charge in [-0.1, -0.05) is 42.0 Å². The van der Waals surface area contributed by atoms with Crippen molar-refractivity contribution in [2.24, 2.45) is 0 Å². The number of carbonyl (C=O) groups is 1. The number of benzene rings is 3. The lowest BCUT2D eigenvalue weighted by molar-refractivity contribution is -0.119. The van der Waals surface area contributed by atoms with Gasteiger partial charge in [0, 0.05) is 25.3 Å². The molecule has 0 bridgehead atoms. The summed E-state index contributed by atoms with van der Waals surface area (Å²) in [6.45, 7) is 4.56. The third-order valence-corrected chi connectivity index (χ3v) is 7.59. The summed E-state index contributed by atoms with van der Waals surface area (Å²) in [6, 6.07) is 19.5. The van der Waals surface area contributed by atoms with Crippen LogP contribution in [0.4, 0.5) is 15.8 Å². The lowest BCUT2D eigenvalue weighted by Gasteiger charge is -2.29. The van der Waals surface area contributed by atoms with Crippen molar-refractivity contribution in [1.82, 2.24) is 5.32 Å². The van der Waals surface area contributed by atoms with E-state index in [2.05, 4.69) is 10.2 Å². The second kappa shape index (κ2) is 10.9. The van der Waals surface area contributed by atoms with Gasteiger partial charge in [-0.15, -0.1) is 0 Å². The van der Waals surface area contributed by atoms with Crippen LogP contribution in [0.25, 0.3) is 0 Å². The number of halogens is 1. The zero-order valence-corrected chi connectivity index (χ0v) is 20.3. The van der Waals surface area contributed by atoms with E-state index < -0.39 is 28.3 Å². The van der Waals surface area contributed by atoms with Crippen LogP contribution in [0.3, 0.4) is 0 Å². The van der Waals surface area contributed by atoms with Crippen LogP contribution in [0.2, 0.25) is 0 Å². The molecular weight excluding hydrogens is 469 g/mol. The van der Waals surface area contributed by atoms with Crippen LogP contribution in [-0.2, 0) is 26.1 Å². The van der Waals surface area contributed by atoms with E-state index >= 15 is 0 Å². The van der Waals surface area contributed by atoms with Crippen molar-refractivity contribution < 1.29 is 22.3 Å². The van der Waals surface area contributed by atoms with Gasteiger partial charge >= 0.3 is 0 Å². The summed E-state index contributed by atoms with van der Waals surface area (Å²) < 4.78 is 47.5. The summed E-state index contributed by atoms with van der Waals surface area (Å²) in [4.78, 5) is 15.0. The van der Waals surface area contributed by atoms with Crippen LogP contribution in [0.15, 0.2) is 77.7 Å². The van der Waals surface area contributed by atoms with Gasteiger partial charge in [0.1, 0.15) is 12.4 Å². The Balaban J connectivity index is 1.47. The molecule has 1 aliphatic rings. The summed E-state index contributed by atoms with van der Waals surface area (Å²) in [5.74, 6) is -1.27. The first-order valence-corrected chi connectivity index (χ1v) is 12.8. The highest BCUT2D eigenvalue weighted by molar-refractivity contribution is 7.92. The molecule has 0 aliphatic carbocycles. The highest BCUT2D eigenvalue weighted by atomic mass is 32.2. The fourth-order valence-corrected chi connectivity index (χ4v) is 5.25. The predicted octanol–water partition coefficient (Wildman–Crippen LogP) is 3.48. The molecule has 1 fully saturated rings. The maximum absolute atomic E-state index is 14.6. The fourth-order valence-electron chi connectivity index (χ4n) is 3.82. The Morgan fingerprint density at radius 3 is 2.31 bits per heavy atom. The van der Waals surface area contributed by atoms with Gasteiger partial charge in [-0.05, 0) is 48.9 Å². The van der Waals surface area contributed by atoms with E-state index in [0.29, 0.717) is 13.2 Å². The van der Waals surface area contributed by atoms with Gasteiger partial charge in [0.15, 0.2) is 0 Å². The van der Waals surface area contributed by atoms with E-state index in [4.69, 9.17) is 4.74 Å². The number of nitrogens with zero attached hydrogens (tertiary/aromatic N) is 2. The number of amides is 1. The van der Waals surface area contributed by atoms with Gasteiger partial charge in [-0.2, -0.15) is 0 Å². The average Bonchev–Trinajstić information content (AvgIpc) is 2.87. The van der Waals surface area contributed by atoms with E-state index in [1.54, 1.807) is 12.1 Å². The first-order chi connectivity index (χ1) is 16.8. The molecule has 35 heavy (non-hydrogen) atoms. The molecule has 7 nitrogen and oxygen atoms in total. The van der Waals surface area contributed by atoms with Crippen molar-refractivity contribution in [3.05, 3.63) is 89.7 Å². The molecular formula is C26H28FN3O4S. The quantitative estimate of drug-likeness (QED) is 0.516. The summed E-state index contributed by atoms with van der Waals surface area (Å²) >= 11 is 0. The maximum Gasteiger partial charge on any atom is 0.264 e. The lowest BCUT2D eigenvalue weighted by atomic mass is 10.2. The molecule has 3 aromatic rings. The first kappa shape index (κ1) is 24.7. The fraction of sp³-hybridized carbons (Fsp3) is 0.269. The molecule has 1 heterocycles. The molecule has 0 aromatic heterocycles. The van der Waals surface area contributed by atoms with Gasteiger partial charge < -0.3 is 15.0 Å². The molecule has 9 heteroatoms. The Bertz CT molecular complexity index is 1260. The minimum atomic E-state index is -4.17. The number of rotatable bonds is 8. The number of ether oxygens (including phenoxy) is 1. The lowest BCUT2D eigenvalue weighted by Crippen LogP contribution is -2.41. The minimum absolute atomic E-state index is 0.0159. The smallest absolute Gasteiger partial charge is 0.264 e. The Morgan fingerprint density at radius 2 is 1.66 bits per heavy atom. The third kappa shape index (κ3) is 5.98. The van der Waals surface area contributed by atoms with Crippen molar-refractivity contribution in [3.8, 4) is 0 Å². The molecule has 0 radical (unpaired) electrons. The van der Waals surface area contributed by atoms with E-state index in [0.717, 1.165) is 34.2 Å². The largest absolute Gasteiger partial charge is 0.378 e. The normalized spacial score (nSPS) is 13.9. The topological polar surface area (TPSA) is 79.0 Å². The number of hydrogen-bond acceptors (Lipinski definition) is 5. The van der Waals surface area contributed by atoms with E-state index in [9.17, 15) is 17.6 Å². The van der Waals surface area contributed by atoms with E-state index in [1.165, 1.54) is 36.4 Å². The van der Waals surface area contributed by atoms with E-state index in [1.807, 2.05) is 31.2 Å². The molecule has 0 atom stereocenters. The number of anilines is 2. The minimum Gasteiger partial charge on any atom is -0.378 e. The molecule has 1 amide bonds. The number of hydrogen-bond donors (Lipinski definition) is 1. The number of nitrogens with one attached hydrogen (secondary N) is 1.